The van der Waals surface area contributed by atoms with E-state index in [2.05, 4.69) is 62.4 Å². The van der Waals surface area contributed by atoms with Crippen LogP contribution in [-0.4, -0.2) is 17.3 Å². The summed E-state index contributed by atoms with van der Waals surface area (Å²) in [6.45, 7) is 5.24. The Labute approximate surface area is 213 Å². The number of ether oxygens (including phenoxy) is 3. The summed E-state index contributed by atoms with van der Waals surface area (Å²) in [6, 6.07) is 29.4. The van der Waals surface area contributed by atoms with E-state index in [9.17, 15) is 0 Å². The summed E-state index contributed by atoms with van der Waals surface area (Å²) in [4.78, 5) is 0. The zero-order chi connectivity index (χ0) is 25.8. The van der Waals surface area contributed by atoms with Crippen molar-refractivity contribution in [2.75, 3.05) is 7.11 Å². The Morgan fingerprint density at radius 1 is 0.556 bits per heavy atom. The quantitative estimate of drug-likeness (QED) is 0.297. The number of aliphatic hydroxyl groups is 2. The first kappa shape index (κ1) is 26.8. The van der Waals surface area contributed by atoms with E-state index >= 15 is 0 Å². The van der Waals surface area contributed by atoms with Gasteiger partial charge in [-0.15, -0.1) is 0 Å². The minimum absolute atomic E-state index is 0.0403. The predicted octanol–water partition coefficient (Wildman–Crippen LogP) is 6.14. The average molecular weight is 487 g/mol. The van der Waals surface area contributed by atoms with Gasteiger partial charge in [0.1, 0.15) is 30.5 Å². The molecule has 0 unspecified atom stereocenters. The van der Waals surface area contributed by atoms with Gasteiger partial charge in [-0.2, -0.15) is 0 Å². The highest BCUT2D eigenvalue weighted by molar-refractivity contribution is 5.40. The zero-order valence-corrected chi connectivity index (χ0v) is 21.1. The van der Waals surface area contributed by atoms with Crippen LogP contribution in [0.15, 0.2) is 91.0 Å². The van der Waals surface area contributed by atoms with Crippen LogP contribution in [0.2, 0.25) is 0 Å². The summed E-state index contributed by atoms with van der Waals surface area (Å²) in [6.07, 6.45) is 0. The van der Waals surface area contributed by atoms with Gasteiger partial charge in [-0.3, -0.25) is 0 Å². The van der Waals surface area contributed by atoms with Crippen molar-refractivity contribution in [2.45, 2.75) is 40.3 Å². The first-order valence-electron chi connectivity index (χ1n) is 11.8. The monoisotopic (exact) mass is 486 g/mol. The minimum Gasteiger partial charge on any atom is -0.496 e. The Balaban J connectivity index is 0.000000202. The number of methoxy groups -OCH3 is 1. The fourth-order valence-corrected chi connectivity index (χ4v) is 3.34. The van der Waals surface area contributed by atoms with Crippen LogP contribution < -0.4 is 14.2 Å². The molecule has 0 aromatic heterocycles. The minimum atomic E-state index is -0.0403. The fraction of sp³-hybridized carbons (Fsp3) is 0.226. The van der Waals surface area contributed by atoms with Crippen molar-refractivity contribution in [3.05, 3.63) is 124 Å². The smallest absolute Gasteiger partial charge is 0.128 e. The second-order valence-corrected chi connectivity index (χ2v) is 8.48. The van der Waals surface area contributed by atoms with Crippen molar-refractivity contribution in [3.8, 4) is 17.2 Å². The zero-order valence-electron chi connectivity index (χ0n) is 21.1. The lowest BCUT2D eigenvalue weighted by Crippen LogP contribution is -1.97. The lowest BCUT2D eigenvalue weighted by molar-refractivity contribution is 0.271. The van der Waals surface area contributed by atoms with Crippen molar-refractivity contribution in [1.29, 1.82) is 0 Å². The van der Waals surface area contributed by atoms with Crippen LogP contribution in [0.1, 0.15) is 33.4 Å². The molecule has 5 nitrogen and oxygen atoms in total. The molecular weight excluding hydrogens is 452 g/mol. The number of hydrogen-bond donors (Lipinski definition) is 2. The third-order valence-corrected chi connectivity index (χ3v) is 5.59. The maximum absolute atomic E-state index is 9.15. The molecule has 4 rings (SSSR count). The van der Waals surface area contributed by atoms with Crippen LogP contribution in [0.5, 0.6) is 17.2 Å². The molecule has 0 saturated carbocycles. The van der Waals surface area contributed by atoms with Crippen molar-refractivity contribution >= 4 is 0 Å². The third kappa shape index (κ3) is 8.45. The van der Waals surface area contributed by atoms with E-state index in [1.54, 1.807) is 13.2 Å². The van der Waals surface area contributed by atoms with Crippen LogP contribution in [0.3, 0.4) is 0 Å². The first-order valence-corrected chi connectivity index (χ1v) is 11.8. The van der Waals surface area contributed by atoms with E-state index in [1.807, 2.05) is 36.4 Å². The van der Waals surface area contributed by atoms with Gasteiger partial charge in [0, 0.05) is 11.6 Å². The Morgan fingerprint density at radius 3 is 1.50 bits per heavy atom. The molecule has 0 spiro atoms. The highest BCUT2D eigenvalue weighted by Crippen LogP contribution is 2.25. The molecule has 36 heavy (non-hydrogen) atoms. The molecule has 4 aromatic carbocycles. The summed E-state index contributed by atoms with van der Waals surface area (Å²) < 4.78 is 16.6. The molecule has 0 aliphatic carbocycles. The highest BCUT2D eigenvalue weighted by atomic mass is 16.5. The molecule has 0 aliphatic rings. The Morgan fingerprint density at radius 2 is 1.03 bits per heavy atom. The van der Waals surface area contributed by atoms with Crippen LogP contribution >= 0.6 is 0 Å². The summed E-state index contributed by atoms with van der Waals surface area (Å²) in [5.74, 6) is 2.20. The van der Waals surface area contributed by atoms with Crippen LogP contribution in [0, 0.1) is 13.8 Å². The highest BCUT2D eigenvalue weighted by Gasteiger charge is 2.04. The van der Waals surface area contributed by atoms with Gasteiger partial charge in [0.2, 0.25) is 0 Å². The number of aryl methyl sites for hydroxylation is 2. The van der Waals surface area contributed by atoms with Gasteiger partial charge in [0.25, 0.3) is 0 Å². The third-order valence-electron chi connectivity index (χ3n) is 5.59. The van der Waals surface area contributed by atoms with E-state index in [0.717, 1.165) is 33.8 Å². The Bertz CT molecular complexity index is 1180. The van der Waals surface area contributed by atoms with Crippen LogP contribution in [-0.2, 0) is 26.4 Å². The molecule has 2 N–H and O–H groups in total. The van der Waals surface area contributed by atoms with Crippen molar-refractivity contribution in [1.82, 2.24) is 0 Å². The largest absolute Gasteiger partial charge is 0.496 e. The van der Waals surface area contributed by atoms with Gasteiger partial charge in [-0.1, -0.05) is 71.8 Å². The molecule has 0 bridgehead atoms. The lowest BCUT2D eigenvalue weighted by Gasteiger charge is -2.10. The van der Waals surface area contributed by atoms with Crippen LogP contribution in [0.4, 0.5) is 0 Å². The molecule has 188 valence electrons. The molecule has 0 fully saturated rings. The lowest BCUT2D eigenvalue weighted by atomic mass is 10.1. The summed E-state index contributed by atoms with van der Waals surface area (Å²) >= 11 is 0. The molecule has 0 saturated heterocycles. The molecule has 0 aliphatic heterocycles. The number of hydrogen-bond acceptors (Lipinski definition) is 5. The topological polar surface area (TPSA) is 68.2 Å². The van der Waals surface area contributed by atoms with Gasteiger partial charge < -0.3 is 24.4 Å². The summed E-state index contributed by atoms with van der Waals surface area (Å²) in [5, 5.41) is 18.1. The molecule has 0 amide bonds. The van der Waals surface area contributed by atoms with Gasteiger partial charge in [0.05, 0.1) is 20.3 Å². The normalized spacial score (nSPS) is 10.2. The van der Waals surface area contributed by atoms with E-state index in [4.69, 9.17) is 24.4 Å². The molecule has 0 heterocycles. The standard InChI is InChI=1S/C16H18O3.C15H16O2/c1-12-3-5-13(6-4-12)11-19-15-8-7-14(10-17)16(9-15)18-2;1-12-2-4-14(5-3-12)11-17-15-8-6-13(10-16)7-9-15/h3-9,17H,10-11H2,1-2H3;2-9,16H,10-11H2,1H3. The van der Waals surface area contributed by atoms with E-state index in [-0.39, 0.29) is 13.2 Å². The maximum atomic E-state index is 9.15. The number of rotatable bonds is 9. The van der Waals surface area contributed by atoms with Crippen molar-refractivity contribution < 1.29 is 24.4 Å². The summed E-state index contributed by atoms with van der Waals surface area (Å²) in [5.41, 5.74) is 6.41. The first-order chi connectivity index (χ1) is 17.5. The SMILES string of the molecule is COc1cc(OCc2ccc(C)cc2)ccc1CO.Cc1ccc(COc2ccc(CO)cc2)cc1. The molecule has 4 aromatic rings. The molecule has 0 radical (unpaired) electrons. The fourth-order valence-electron chi connectivity index (χ4n) is 3.34. The van der Waals surface area contributed by atoms with Gasteiger partial charge in [-0.05, 0) is 54.8 Å². The second kappa shape index (κ2) is 13.9. The van der Waals surface area contributed by atoms with Crippen molar-refractivity contribution in [3.63, 3.8) is 0 Å². The van der Waals surface area contributed by atoms with Gasteiger partial charge >= 0.3 is 0 Å². The maximum Gasteiger partial charge on any atom is 0.128 e. The van der Waals surface area contributed by atoms with Crippen LogP contribution in [0.25, 0.3) is 0 Å². The van der Waals surface area contributed by atoms with Gasteiger partial charge in [-0.25, -0.2) is 0 Å². The van der Waals surface area contributed by atoms with E-state index < -0.39 is 0 Å². The van der Waals surface area contributed by atoms with E-state index in [0.29, 0.717) is 19.0 Å². The Hall–Kier alpha value is -3.80. The number of benzene rings is 4. The summed E-state index contributed by atoms with van der Waals surface area (Å²) in [7, 11) is 1.58. The Kier molecular flexibility index (Phi) is 10.4. The average Bonchev–Trinajstić information content (AvgIpc) is 2.93. The molecular formula is C31H34O5. The second-order valence-electron chi connectivity index (χ2n) is 8.48. The molecule has 0 atom stereocenters. The number of aliphatic hydroxyl groups excluding tert-OH is 2. The molecule has 5 heteroatoms. The van der Waals surface area contributed by atoms with E-state index in [1.165, 1.54) is 11.1 Å². The van der Waals surface area contributed by atoms with Crippen molar-refractivity contribution in [2.24, 2.45) is 0 Å². The van der Waals surface area contributed by atoms with Gasteiger partial charge in [0.15, 0.2) is 0 Å². The predicted molar refractivity (Wildman–Crippen MR) is 142 cm³/mol.